The minimum absolute atomic E-state index is 0.00318. The summed E-state index contributed by atoms with van der Waals surface area (Å²) in [6, 6.07) is 9.13. The third-order valence-electron chi connectivity index (χ3n) is 3.18. The maximum absolute atomic E-state index is 11.8. The number of nitrogens with two attached hydrogens (primary N) is 1. The van der Waals surface area contributed by atoms with Crippen molar-refractivity contribution in [2.24, 2.45) is 5.73 Å². The predicted molar refractivity (Wildman–Crippen MR) is 65.3 cm³/mol. The van der Waals surface area contributed by atoms with Gasteiger partial charge in [0.05, 0.1) is 18.2 Å². The van der Waals surface area contributed by atoms with Gasteiger partial charge in [0, 0.05) is 0 Å². The molecule has 4 N–H and O–H groups in total. The van der Waals surface area contributed by atoms with Crippen LogP contribution in [0, 0.1) is 0 Å². The lowest BCUT2D eigenvalue weighted by Gasteiger charge is -2.18. The monoisotopic (exact) mass is 234 g/mol. The fraction of sp³-hybridized carbons (Fsp3) is 0.462. The molecule has 4 heteroatoms. The minimum Gasteiger partial charge on any atom is -0.394 e. The summed E-state index contributed by atoms with van der Waals surface area (Å²) in [7, 11) is 0. The Kier molecular flexibility index (Phi) is 3.45. The number of aliphatic hydroxyl groups excluding tert-OH is 1. The van der Waals surface area contributed by atoms with E-state index in [0.717, 1.165) is 18.4 Å². The van der Waals surface area contributed by atoms with Gasteiger partial charge in [-0.2, -0.15) is 0 Å². The third-order valence-corrected chi connectivity index (χ3v) is 3.18. The van der Waals surface area contributed by atoms with Gasteiger partial charge in [-0.1, -0.05) is 30.3 Å². The minimum atomic E-state index is -0.554. The maximum Gasteiger partial charge on any atom is 0.237 e. The van der Waals surface area contributed by atoms with E-state index in [0.29, 0.717) is 6.42 Å². The van der Waals surface area contributed by atoms with E-state index in [1.807, 2.05) is 30.3 Å². The standard InChI is InChI=1S/C13H18N2O2/c14-11(8-10-4-2-1-3-5-10)12(17)15-13(9-16)6-7-13/h1-5,11,16H,6-9,14H2,(H,15,17). The number of rotatable bonds is 5. The molecule has 4 nitrogen and oxygen atoms in total. The van der Waals surface area contributed by atoms with Crippen molar-refractivity contribution >= 4 is 5.91 Å². The Balaban J connectivity index is 1.87. The molecule has 1 amide bonds. The SMILES string of the molecule is NC(Cc1ccccc1)C(=O)NC1(CO)CC1. The molecule has 1 aliphatic rings. The number of aliphatic hydroxyl groups is 1. The number of carbonyl (C=O) groups excluding carboxylic acids is 1. The van der Waals surface area contributed by atoms with E-state index in [9.17, 15) is 4.79 Å². The average Bonchev–Trinajstić information content (AvgIpc) is 3.11. The molecule has 1 aliphatic carbocycles. The fourth-order valence-corrected chi connectivity index (χ4v) is 1.79. The highest BCUT2D eigenvalue weighted by molar-refractivity contribution is 5.83. The summed E-state index contributed by atoms with van der Waals surface area (Å²) in [5, 5.41) is 11.9. The van der Waals surface area contributed by atoms with E-state index in [1.165, 1.54) is 0 Å². The van der Waals surface area contributed by atoms with E-state index >= 15 is 0 Å². The summed E-state index contributed by atoms with van der Waals surface area (Å²) in [4.78, 5) is 11.8. The molecule has 1 aromatic rings. The molecule has 17 heavy (non-hydrogen) atoms. The molecular weight excluding hydrogens is 216 g/mol. The number of benzene rings is 1. The van der Waals surface area contributed by atoms with Crippen LogP contribution in [0.3, 0.4) is 0 Å². The highest BCUT2D eigenvalue weighted by atomic mass is 16.3. The van der Waals surface area contributed by atoms with Gasteiger partial charge in [0.15, 0.2) is 0 Å². The van der Waals surface area contributed by atoms with Crippen LogP contribution in [0.15, 0.2) is 30.3 Å². The van der Waals surface area contributed by atoms with Crippen LogP contribution in [0.2, 0.25) is 0 Å². The lowest BCUT2D eigenvalue weighted by atomic mass is 10.1. The van der Waals surface area contributed by atoms with Crippen LogP contribution in [0.4, 0.5) is 0 Å². The topological polar surface area (TPSA) is 75.4 Å². The fourth-order valence-electron chi connectivity index (χ4n) is 1.79. The van der Waals surface area contributed by atoms with Crippen molar-refractivity contribution in [2.75, 3.05) is 6.61 Å². The van der Waals surface area contributed by atoms with Gasteiger partial charge in [0.25, 0.3) is 0 Å². The Bertz CT molecular complexity index is 388. The number of hydrogen-bond donors (Lipinski definition) is 3. The molecule has 1 unspecified atom stereocenters. The lowest BCUT2D eigenvalue weighted by Crippen LogP contribution is -2.49. The van der Waals surface area contributed by atoms with Gasteiger partial charge in [-0.3, -0.25) is 4.79 Å². The largest absolute Gasteiger partial charge is 0.394 e. The highest BCUT2D eigenvalue weighted by Crippen LogP contribution is 2.34. The number of amides is 1. The summed E-state index contributed by atoms with van der Waals surface area (Å²) in [6.45, 7) is -0.00318. The number of hydrogen-bond acceptors (Lipinski definition) is 3. The van der Waals surface area contributed by atoms with Crippen LogP contribution >= 0.6 is 0 Å². The molecular formula is C13H18N2O2. The van der Waals surface area contributed by atoms with Crippen molar-refractivity contribution in [3.05, 3.63) is 35.9 Å². The molecule has 1 aromatic carbocycles. The summed E-state index contributed by atoms with van der Waals surface area (Å²) < 4.78 is 0. The van der Waals surface area contributed by atoms with Crippen LogP contribution in [0.5, 0.6) is 0 Å². The summed E-state index contributed by atoms with van der Waals surface area (Å²) in [5.41, 5.74) is 6.51. The van der Waals surface area contributed by atoms with Gasteiger partial charge in [-0.25, -0.2) is 0 Å². The first-order valence-corrected chi connectivity index (χ1v) is 5.88. The summed E-state index contributed by atoms with van der Waals surface area (Å²) in [6.07, 6.45) is 2.20. The zero-order valence-corrected chi connectivity index (χ0v) is 9.73. The van der Waals surface area contributed by atoms with Crippen molar-refractivity contribution in [3.8, 4) is 0 Å². The van der Waals surface area contributed by atoms with Crippen LogP contribution in [-0.4, -0.2) is 29.2 Å². The van der Waals surface area contributed by atoms with Crippen LogP contribution in [-0.2, 0) is 11.2 Å². The number of nitrogens with one attached hydrogen (secondary N) is 1. The van der Waals surface area contributed by atoms with E-state index in [2.05, 4.69) is 5.32 Å². The molecule has 0 heterocycles. The Labute approximate surface area is 101 Å². The predicted octanol–water partition coefficient (Wildman–Crippen LogP) is 0.197. The van der Waals surface area contributed by atoms with E-state index in [4.69, 9.17) is 10.8 Å². The Morgan fingerprint density at radius 1 is 1.41 bits per heavy atom. The molecule has 0 bridgehead atoms. The first kappa shape index (κ1) is 12.1. The number of carbonyl (C=O) groups is 1. The summed E-state index contributed by atoms with van der Waals surface area (Å²) in [5.74, 6) is -0.180. The van der Waals surface area contributed by atoms with E-state index < -0.39 is 6.04 Å². The normalized spacial score (nSPS) is 18.5. The van der Waals surface area contributed by atoms with Gasteiger partial charge in [0.1, 0.15) is 0 Å². The first-order chi connectivity index (χ1) is 8.15. The maximum atomic E-state index is 11.8. The molecule has 92 valence electrons. The van der Waals surface area contributed by atoms with Crippen LogP contribution < -0.4 is 11.1 Å². The second-order valence-corrected chi connectivity index (χ2v) is 4.72. The van der Waals surface area contributed by atoms with Crippen molar-refractivity contribution in [2.45, 2.75) is 30.8 Å². The zero-order chi connectivity index (χ0) is 12.3. The van der Waals surface area contributed by atoms with Gasteiger partial charge >= 0.3 is 0 Å². The van der Waals surface area contributed by atoms with Crippen molar-refractivity contribution < 1.29 is 9.90 Å². The van der Waals surface area contributed by atoms with Gasteiger partial charge < -0.3 is 16.2 Å². The van der Waals surface area contributed by atoms with Crippen molar-refractivity contribution in [1.29, 1.82) is 0 Å². The Hall–Kier alpha value is -1.39. The van der Waals surface area contributed by atoms with Gasteiger partial charge in [-0.15, -0.1) is 0 Å². The molecule has 2 rings (SSSR count). The lowest BCUT2D eigenvalue weighted by molar-refractivity contribution is -0.123. The second-order valence-electron chi connectivity index (χ2n) is 4.72. The van der Waals surface area contributed by atoms with Crippen molar-refractivity contribution in [1.82, 2.24) is 5.32 Å². The average molecular weight is 234 g/mol. The molecule has 0 saturated heterocycles. The molecule has 1 atom stereocenters. The third kappa shape index (κ3) is 3.05. The zero-order valence-electron chi connectivity index (χ0n) is 9.73. The Morgan fingerprint density at radius 3 is 2.59 bits per heavy atom. The summed E-state index contributed by atoms with van der Waals surface area (Å²) >= 11 is 0. The van der Waals surface area contributed by atoms with Gasteiger partial charge in [-0.05, 0) is 24.8 Å². The second kappa shape index (κ2) is 4.85. The quantitative estimate of drug-likeness (QED) is 0.681. The molecule has 0 radical (unpaired) electrons. The van der Waals surface area contributed by atoms with Crippen LogP contribution in [0.25, 0.3) is 0 Å². The molecule has 0 spiro atoms. The van der Waals surface area contributed by atoms with Crippen LogP contribution in [0.1, 0.15) is 18.4 Å². The molecule has 0 aromatic heterocycles. The van der Waals surface area contributed by atoms with Gasteiger partial charge in [0.2, 0.25) is 5.91 Å². The molecule has 1 saturated carbocycles. The Morgan fingerprint density at radius 2 is 2.06 bits per heavy atom. The smallest absolute Gasteiger partial charge is 0.237 e. The molecule has 0 aliphatic heterocycles. The molecule has 1 fully saturated rings. The van der Waals surface area contributed by atoms with Crippen molar-refractivity contribution in [3.63, 3.8) is 0 Å². The highest BCUT2D eigenvalue weighted by Gasteiger charge is 2.43. The van der Waals surface area contributed by atoms with E-state index in [1.54, 1.807) is 0 Å². The van der Waals surface area contributed by atoms with E-state index in [-0.39, 0.29) is 18.1 Å². The first-order valence-electron chi connectivity index (χ1n) is 5.88.